The Labute approximate surface area is 141 Å². The van der Waals surface area contributed by atoms with Gasteiger partial charge in [0, 0.05) is 63.6 Å². The fourth-order valence-corrected chi connectivity index (χ4v) is 2.73. The monoisotopic (exact) mass is 327 g/mol. The largest absolute Gasteiger partial charge is 0.347 e. The standard InChI is InChI=1S/C16H21N7O/c1-13(21-15(24)14-11-17-5-6-18-14)12-22-7-9-23(10-8-22)16-19-3-2-4-20-16/h2-6,11,13H,7-10,12H2,1H3,(H,21,24). The molecule has 126 valence electrons. The summed E-state index contributed by atoms with van der Waals surface area (Å²) in [6, 6.07) is 1.86. The van der Waals surface area contributed by atoms with Crippen molar-refractivity contribution in [2.75, 3.05) is 37.6 Å². The molecular weight excluding hydrogens is 306 g/mol. The summed E-state index contributed by atoms with van der Waals surface area (Å²) < 4.78 is 0. The van der Waals surface area contributed by atoms with Crippen molar-refractivity contribution in [1.82, 2.24) is 30.2 Å². The van der Waals surface area contributed by atoms with E-state index >= 15 is 0 Å². The van der Waals surface area contributed by atoms with Crippen LogP contribution < -0.4 is 10.2 Å². The molecule has 1 amide bonds. The van der Waals surface area contributed by atoms with E-state index in [9.17, 15) is 4.79 Å². The molecule has 1 N–H and O–H groups in total. The average molecular weight is 327 g/mol. The van der Waals surface area contributed by atoms with Crippen LogP contribution in [0.25, 0.3) is 0 Å². The number of nitrogens with zero attached hydrogens (tertiary/aromatic N) is 6. The van der Waals surface area contributed by atoms with Gasteiger partial charge in [0.25, 0.3) is 5.91 Å². The Morgan fingerprint density at radius 3 is 2.54 bits per heavy atom. The fourth-order valence-electron chi connectivity index (χ4n) is 2.73. The number of carbonyl (C=O) groups excluding carboxylic acids is 1. The molecule has 0 radical (unpaired) electrons. The molecule has 1 saturated heterocycles. The van der Waals surface area contributed by atoms with Crippen molar-refractivity contribution in [3.05, 3.63) is 42.7 Å². The molecule has 0 aromatic carbocycles. The van der Waals surface area contributed by atoms with Crippen molar-refractivity contribution >= 4 is 11.9 Å². The predicted molar refractivity (Wildman–Crippen MR) is 89.6 cm³/mol. The van der Waals surface area contributed by atoms with Crippen molar-refractivity contribution in [1.29, 1.82) is 0 Å². The number of nitrogens with one attached hydrogen (secondary N) is 1. The molecule has 1 aliphatic heterocycles. The van der Waals surface area contributed by atoms with Gasteiger partial charge in [-0.3, -0.25) is 14.7 Å². The smallest absolute Gasteiger partial charge is 0.271 e. The van der Waals surface area contributed by atoms with Gasteiger partial charge in [-0.1, -0.05) is 0 Å². The Morgan fingerprint density at radius 1 is 1.12 bits per heavy atom. The molecular formula is C16H21N7O. The number of hydrogen-bond acceptors (Lipinski definition) is 7. The van der Waals surface area contributed by atoms with E-state index in [-0.39, 0.29) is 11.9 Å². The lowest BCUT2D eigenvalue weighted by Gasteiger charge is -2.35. The third-order valence-electron chi connectivity index (χ3n) is 3.91. The van der Waals surface area contributed by atoms with E-state index in [1.165, 1.54) is 12.4 Å². The average Bonchev–Trinajstić information content (AvgIpc) is 2.64. The number of anilines is 1. The highest BCUT2D eigenvalue weighted by atomic mass is 16.1. The summed E-state index contributed by atoms with van der Waals surface area (Å²) in [6.07, 6.45) is 8.07. The second-order valence-electron chi connectivity index (χ2n) is 5.80. The van der Waals surface area contributed by atoms with Gasteiger partial charge in [0.05, 0.1) is 6.20 Å². The van der Waals surface area contributed by atoms with Gasteiger partial charge in [0.15, 0.2) is 0 Å². The maximum absolute atomic E-state index is 12.1. The summed E-state index contributed by atoms with van der Waals surface area (Å²) in [5, 5.41) is 2.96. The first kappa shape index (κ1) is 16.3. The summed E-state index contributed by atoms with van der Waals surface area (Å²) >= 11 is 0. The van der Waals surface area contributed by atoms with Crippen LogP contribution in [-0.2, 0) is 0 Å². The van der Waals surface area contributed by atoms with Gasteiger partial charge in [-0.25, -0.2) is 15.0 Å². The lowest BCUT2D eigenvalue weighted by atomic mass is 10.2. The van der Waals surface area contributed by atoms with Gasteiger partial charge >= 0.3 is 0 Å². The summed E-state index contributed by atoms with van der Waals surface area (Å²) in [7, 11) is 0. The Morgan fingerprint density at radius 2 is 1.88 bits per heavy atom. The van der Waals surface area contributed by atoms with E-state index < -0.39 is 0 Å². The highest BCUT2D eigenvalue weighted by Crippen LogP contribution is 2.09. The number of rotatable bonds is 5. The lowest BCUT2D eigenvalue weighted by molar-refractivity contribution is 0.0922. The van der Waals surface area contributed by atoms with Crippen LogP contribution in [-0.4, -0.2) is 69.5 Å². The lowest BCUT2D eigenvalue weighted by Crippen LogP contribution is -2.51. The molecule has 0 saturated carbocycles. The zero-order valence-corrected chi connectivity index (χ0v) is 13.7. The SMILES string of the molecule is CC(CN1CCN(c2ncccn2)CC1)NC(=O)c1cnccn1. The van der Waals surface area contributed by atoms with Crippen LogP contribution in [0.5, 0.6) is 0 Å². The third kappa shape index (κ3) is 4.23. The molecule has 0 bridgehead atoms. The number of piperazine rings is 1. The fraction of sp³-hybridized carbons (Fsp3) is 0.438. The van der Waals surface area contributed by atoms with E-state index in [0.29, 0.717) is 5.69 Å². The highest BCUT2D eigenvalue weighted by molar-refractivity contribution is 5.92. The summed E-state index contributed by atoms with van der Waals surface area (Å²) in [6.45, 7) is 6.41. The number of hydrogen-bond donors (Lipinski definition) is 1. The van der Waals surface area contributed by atoms with Crippen LogP contribution in [0.1, 0.15) is 17.4 Å². The Hall–Kier alpha value is -2.61. The molecule has 8 nitrogen and oxygen atoms in total. The maximum Gasteiger partial charge on any atom is 0.271 e. The molecule has 8 heteroatoms. The highest BCUT2D eigenvalue weighted by Gasteiger charge is 2.21. The topological polar surface area (TPSA) is 87.1 Å². The number of amides is 1. The third-order valence-corrected chi connectivity index (χ3v) is 3.91. The molecule has 1 unspecified atom stereocenters. The van der Waals surface area contributed by atoms with Crippen LogP contribution >= 0.6 is 0 Å². The van der Waals surface area contributed by atoms with E-state index in [1.54, 1.807) is 18.6 Å². The van der Waals surface area contributed by atoms with Crippen LogP contribution in [0.4, 0.5) is 5.95 Å². The molecule has 24 heavy (non-hydrogen) atoms. The predicted octanol–water partition coefficient (Wildman–Crippen LogP) is 0.207. The molecule has 2 aromatic heterocycles. The molecule has 1 atom stereocenters. The van der Waals surface area contributed by atoms with E-state index in [4.69, 9.17) is 0 Å². The maximum atomic E-state index is 12.1. The minimum Gasteiger partial charge on any atom is -0.347 e. The van der Waals surface area contributed by atoms with Crippen LogP contribution in [0.15, 0.2) is 37.1 Å². The van der Waals surface area contributed by atoms with Crippen molar-refractivity contribution in [2.45, 2.75) is 13.0 Å². The van der Waals surface area contributed by atoms with E-state index in [2.05, 4.69) is 35.1 Å². The van der Waals surface area contributed by atoms with Crippen molar-refractivity contribution in [2.24, 2.45) is 0 Å². The Kier molecular flexibility index (Phi) is 5.27. The van der Waals surface area contributed by atoms with Gasteiger partial charge in [-0.2, -0.15) is 0 Å². The normalized spacial score (nSPS) is 16.6. The minimum atomic E-state index is -0.188. The molecule has 0 spiro atoms. The van der Waals surface area contributed by atoms with Crippen LogP contribution in [0.2, 0.25) is 0 Å². The number of aromatic nitrogens is 4. The van der Waals surface area contributed by atoms with Gasteiger partial charge in [0.2, 0.25) is 5.95 Å². The van der Waals surface area contributed by atoms with Crippen LogP contribution in [0, 0.1) is 0 Å². The molecule has 1 aliphatic rings. The second-order valence-corrected chi connectivity index (χ2v) is 5.80. The van der Waals surface area contributed by atoms with E-state index in [1.807, 2.05) is 13.0 Å². The number of carbonyl (C=O) groups is 1. The first-order valence-corrected chi connectivity index (χ1v) is 8.03. The first-order chi connectivity index (χ1) is 11.7. The van der Waals surface area contributed by atoms with E-state index in [0.717, 1.165) is 38.7 Å². The first-order valence-electron chi connectivity index (χ1n) is 8.03. The molecule has 1 fully saturated rings. The zero-order valence-electron chi connectivity index (χ0n) is 13.7. The quantitative estimate of drug-likeness (QED) is 0.840. The second kappa shape index (κ2) is 7.78. The van der Waals surface area contributed by atoms with Gasteiger partial charge in [-0.15, -0.1) is 0 Å². The Balaban J connectivity index is 1.45. The van der Waals surface area contributed by atoms with Crippen molar-refractivity contribution in [3.8, 4) is 0 Å². The summed E-state index contributed by atoms with van der Waals surface area (Å²) in [5.41, 5.74) is 0.343. The van der Waals surface area contributed by atoms with Crippen LogP contribution in [0.3, 0.4) is 0 Å². The van der Waals surface area contributed by atoms with Gasteiger partial charge < -0.3 is 10.2 Å². The molecule has 0 aliphatic carbocycles. The van der Waals surface area contributed by atoms with Crippen molar-refractivity contribution in [3.63, 3.8) is 0 Å². The van der Waals surface area contributed by atoms with Gasteiger partial charge in [-0.05, 0) is 13.0 Å². The van der Waals surface area contributed by atoms with Gasteiger partial charge in [0.1, 0.15) is 5.69 Å². The molecule has 3 heterocycles. The van der Waals surface area contributed by atoms with Crippen molar-refractivity contribution < 1.29 is 4.79 Å². The molecule has 2 aromatic rings. The molecule has 3 rings (SSSR count). The summed E-state index contributed by atoms with van der Waals surface area (Å²) in [4.78, 5) is 33.1. The summed E-state index contributed by atoms with van der Waals surface area (Å²) in [5.74, 6) is 0.591. The minimum absolute atomic E-state index is 0.0408. The Bertz CT molecular complexity index is 644. The zero-order chi connectivity index (χ0) is 16.8.